The van der Waals surface area contributed by atoms with Crippen LogP contribution in [0.2, 0.25) is 0 Å². The van der Waals surface area contributed by atoms with Crippen molar-refractivity contribution in [2.75, 3.05) is 12.0 Å². The second-order valence-electron chi connectivity index (χ2n) is 6.72. The smallest absolute Gasteiger partial charge is 0.414 e. The molecule has 0 spiro atoms. The molecular formula is C19H16F2N4O5S. The van der Waals surface area contributed by atoms with Crippen molar-refractivity contribution in [3.63, 3.8) is 0 Å². The maximum atomic E-state index is 13.5. The molecule has 3 aromatic rings. The predicted octanol–water partition coefficient (Wildman–Crippen LogP) is 2.88. The van der Waals surface area contributed by atoms with E-state index in [0.29, 0.717) is 28.2 Å². The SMILES string of the molecule is COc1ccc2c3c(cnc2n1)COC(=O)N3Cc1ccc(S(N)(=O)=O)c(C(F)F)c1. The Morgan fingerprint density at radius 2 is 2.06 bits per heavy atom. The molecule has 1 aliphatic rings. The second-order valence-corrected chi connectivity index (χ2v) is 8.25. The van der Waals surface area contributed by atoms with Gasteiger partial charge in [0.1, 0.15) is 6.61 Å². The van der Waals surface area contributed by atoms with Crippen molar-refractivity contribution >= 4 is 32.8 Å². The summed E-state index contributed by atoms with van der Waals surface area (Å²) < 4.78 is 60.4. The van der Waals surface area contributed by atoms with Crippen LogP contribution in [0.1, 0.15) is 23.1 Å². The van der Waals surface area contributed by atoms with Gasteiger partial charge >= 0.3 is 6.09 Å². The second kappa shape index (κ2) is 7.71. The van der Waals surface area contributed by atoms with E-state index >= 15 is 0 Å². The van der Waals surface area contributed by atoms with Gasteiger partial charge in [0.25, 0.3) is 6.43 Å². The molecule has 1 aromatic carbocycles. The lowest BCUT2D eigenvalue weighted by molar-refractivity contribution is 0.141. The zero-order chi connectivity index (χ0) is 22.3. The number of carbonyl (C=O) groups excluding carboxylic acids is 1. The number of nitrogens with zero attached hydrogens (tertiary/aromatic N) is 3. The molecule has 0 saturated carbocycles. The fraction of sp³-hybridized carbons (Fsp3) is 0.211. The Morgan fingerprint density at radius 1 is 1.29 bits per heavy atom. The Hall–Kier alpha value is -3.38. The quantitative estimate of drug-likeness (QED) is 0.634. The predicted molar refractivity (Wildman–Crippen MR) is 105 cm³/mol. The number of cyclic esters (lactones) is 1. The fourth-order valence-corrected chi connectivity index (χ4v) is 4.12. The Bertz CT molecular complexity index is 1300. The highest BCUT2D eigenvalue weighted by atomic mass is 32.2. The number of nitrogens with two attached hydrogens (primary N) is 1. The van der Waals surface area contributed by atoms with E-state index in [0.717, 1.165) is 12.1 Å². The van der Waals surface area contributed by atoms with E-state index < -0.39 is 33.0 Å². The summed E-state index contributed by atoms with van der Waals surface area (Å²) in [5.41, 5.74) is 0.936. The number of ether oxygens (including phenoxy) is 2. The van der Waals surface area contributed by atoms with E-state index in [-0.39, 0.29) is 18.7 Å². The van der Waals surface area contributed by atoms with E-state index in [4.69, 9.17) is 14.6 Å². The minimum atomic E-state index is -4.34. The van der Waals surface area contributed by atoms with Crippen LogP contribution in [0.3, 0.4) is 0 Å². The molecular weight excluding hydrogens is 434 g/mol. The Balaban J connectivity index is 1.81. The number of anilines is 1. The first-order valence-electron chi connectivity index (χ1n) is 8.89. The van der Waals surface area contributed by atoms with Crippen molar-refractivity contribution in [2.45, 2.75) is 24.5 Å². The first kappa shape index (κ1) is 20.9. The molecule has 9 nitrogen and oxygen atoms in total. The molecule has 3 heterocycles. The third-order valence-electron chi connectivity index (χ3n) is 4.76. The summed E-state index contributed by atoms with van der Waals surface area (Å²) in [6.07, 6.45) is -2.25. The van der Waals surface area contributed by atoms with Gasteiger partial charge in [0, 0.05) is 28.8 Å². The van der Waals surface area contributed by atoms with Crippen LogP contribution < -0.4 is 14.8 Å². The number of alkyl halides is 2. The summed E-state index contributed by atoms with van der Waals surface area (Å²) in [6.45, 7) is -0.159. The zero-order valence-electron chi connectivity index (χ0n) is 16.1. The van der Waals surface area contributed by atoms with E-state index in [1.807, 2.05) is 0 Å². The molecule has 31 heavy (non-hydrogen) atoms. The third kappa shape index (κ3) is 3.86. The lowest BCUT2D eigenvalue weighted by atomic mass is 10.1. The third-order valence-corrected chi connectivity index (χ3v) is 5.74. The average molecular weight is 450 g/mol. The van der Waals surface area contributed by atoms with Crippen LogP contribution in [0.25, 0.3) is 11.0 Å². The molecule has 1 aliphatic heterocycles. The number of hydrogen-bond acceptors (Lipinski definition) is 7. The Kier molecular flexibility index (Phi) is 5.19. The molecule has 0 fully saturated rings. The molecule has 0 bridgehead atoms. The lowest BCUT2D eigenvalue weighted by Crippen LogP contribution is -2.35. The lowest BCUT2D eigenvalue weighted by Gasteiger charge is -2.30. The van der Waals surface area contributed by atoms with Gasteiger partial charge in [-0.1, -0.05) is 6.07 Å². The number of aromatic nitrogens is 2. The van der Waals surface area contributed by atoms with Gasteiger partial charge in [0.05, 0.1) is 24.2 Å². The van der Waals surface area contributed by atoms with Crippen LogP contribution >= 0.6 is 0 Å². The highest BCUT2D eigenvalue weighted by Crippen LogP contribution is 2.36. The van der Waals surface area contributed by atoms with Gasteiger partial charge in [-0.2, -0.15) is 4.98 Å². The summed E-state index contributed by atoms with van der Waals surface area (Å²) in [5, 5.41) is 5.58. The van der Waals surface area contributed by atoms with Crippen molar-refractivity contribution in [3.05, 3.63) is 53.2 Å². The average Bonchev–Trinajstić information content (AvgIpc) is 2.74. The largest absolute Gasteiger partial charge is 0.481 e. The molecule has 1 amide bonds. The van der Waals surface area contributed by atoms with Crippen molar-refractivity contribution in [1.29, 1.82) is 0 Å². The molecule has 0 aliphatic carbocycles. The van der Waals surface area contributed by atoms with E-state index in [9.17, 15) is 22.0 Å². The molecule has 162 valence electrons. The van der Waals surface area contributed by atoms with Gasteiger partial charge in [-0.15, -0.1) is 0 Å². The van der Waals surface area contributed by atoms with Crippen molar-refractivity contribution in [2.24, 2.45) is 5.14 Å². The van der Waals surface area contributed by atoms with Gasteiger partial charge in [0.2, 0.25) is 15.9 Å². The summed E-state index contributed by atoms with van der Waals surface area (Å²) in [7, 11) is -2.88. The minimum Gasteiger partial charge on any atom is -0.481 e. The monoisotopic (exact) mass is 450 g/mol. The molecule has 0 atom stereocenters. The number of primary sulfonamides is 1. The first-order chi connectivity index (χ1) is 14.7. The topological polar surface area (TPSA) is 125 Å². The van der Waals surface area contributed by atoms with Crippen molar-refractivity contribution in [3.8, 4) is 5.88 Å². The number of benzene rings is 1. The number of halogens is 2. The molecule has 0 saturated heterocycles. The van der Waals surface area contributed by atoms with Gasteiger partial charge in [0.15, 0.2) is 5.65 Å². The van der Waals surface area contributed by atoms with Crippen LogP contribution in [0.5, 0.6) is 5.88 Å². The number of methoxy groups -OCH3 is 1. The number of pyridine rings is 2. The first-order valence-corrected chi connectivity index (χ1v) is 10.4. The number of carbonyl (C=O) groups is 1. The van der Waals surface area contributed by atoms with Crippen LogP contribution in [0.4, 0.5) is 19.3 Å². The maximum Gasteiger partial charge on any atom is 0.414 e. The number of sulfonamides is 1. The van der Waals surface area contributed by atoms with Crippen LogP contribution in [-0.4, -0.2) is 31.6 Å². The number of hydrogen-bond donors (Lipinski definition) is 1. The highest BCUT2D eigenvalue weighted by molar-refractivity contribution is 7.89. The standard InChI is InChI=1S/C19H16F2N4O5S/c1-29-15-5-3-12-16-11(7-23-18(12)24-15)9-30-19(26)25(16)8-10-2-4-14(31(22,27)28)13(6-10)17(20)21/h2-7,17H,8-9H2,1H3,(H2,22,27,28). The highest BCUT2D eigenvalue weighted by Gasteiger charge is 2.30. The molecule has 12 heteroatoms. The Labute approximate surface area is 175 Å². The fourth-order valence-electron chi connectivity index (χ4n) is 3.39. The molecule has 2 N–H and O–H groups in total. The molecule has 2 aromatic heterocycles. The normalized spacial score (nSPS) is 14.0. The van der Waals surface area contributed by atoms with E-state index in [1.54, 1.807) is 12.1 Å². The Morgan fingerprint density at radius 3 is 2.74 bits per heavy atom. The van der Waals surface area contributed by atoms with Crippen LogP contribution in [-0.2, 0) is 27.9 Å². The minimum absolute atomic E-state index is 0.00766. The van der Waals surface area contributed by atoms with Gasteiger partial charge in [-0.25, -0.2) is 32.1 Å². The van der Waals surface area contributed by atoms with Gasteiger partial charge < -0.3 is 9.47 Å². The molecule has 0 radical (unpaired) electrons. The van der Waals surface area contributed by atoms with Crippen molar-refractivity contribution < 1.29 is 31.5 Å². The zero-order valence-corrected chi connectivity index (χ0v) is 16.9. The number of rotatable bonds is 5. The summed E-state index contributed by atoms with van der Waals surface area (Å²) in [6, 6.07) is 6.62. The van der Waals surface area contributed by atoms with Crippen LogP contribution in [0.15, 0.2) is 41.4 Å². The van der Waals surface area contributed by atoms with Gasteiger partial charge in [-0.05, 0) is 23.8 Å². The number of amides is 1. The molecule has 0 unspecified atom stereocenters. The van der Waals surface area contributed by atoms with Gasteiger partial charge in [-0.3, -0.25) is 4.90 Å². The maximum absolute atomic E-state index is 13.5. The van der Waals surface area contributed by atoms with E-state index in [2.05, 4.69) is 9.97 Å². The van der Waals surface area contributed by atoms with Crippen molar-refractivity contribution in [1.82, 2.24) is 9.97 Å². The van der Waals surface area contributed by atoms with E-state index in [1.165, 1.54) is 24.3 Å². The summed E-state index contributed by atoms with van der Waals surface area (Å²) in [4.78, 5) is 21.7. The summed E-state index contributed by atoms with van der Waals surface area (Å²) in [5.74, 6) is 0.338. The molecule has 4 rings (SSSR count). The summed E-state index contributed by atoms with van der Waals surface area (Å²) >= 11 is 0. The number of fused-ring (bicyclic) bond motifs is 3. The van der Waals surface area contributed by atoms with Crippen LogP contribution in [0, 0.1) is 0 Å².